The molecule has 2 aliphatic rings. The van der Waals surface area contributed by atoms with E-state index in [1.165, 1.54) is 17.5 Å². The number of benzene rings is 1. The summed E-state index contributed by atoms with van der Waals surface area (Å²) in [4.78, 5) is 35.2. The van der Waals surface area contributed by atoms with E-state index in [2.05, 4.69) is 17.1 Å². The second kappa shape index (κ2) is 7.01. The molecule has 0 spiro atoms. The fourth-order valence-electron chi connectivity index (χ4n) is 3.18. The third-order valence-corrected chi connectivity index (χ3v) is 4.65. The lowest BCUT2D eigenvalue weighted by Crippen LogP contribution is -2.80. The van der Waals surface area contributed by atoms with Crippen LogP contribution in [0.4, 0.5) is 4.79 Å². The molecule has 3 amide bonds. The molecule has 2 aliphatic heterocycles. The molecule has 6 nitrogen and oxygen atoms in total. The largest absolute Gasteiger partial charge is 0.417 e. The Balaban J connectivity index is 1.76. The predicted octanol–water partition coefficient (Wildman–Crippen LogP) is 0.597. The average molecular weight is 339 g/mol. The number of imide groups is 1. The van der Waals surface area contributed by atoms with Gasteiger partial charge < -0.3 is 0 Å². The third kappa shape index (κ3) is 3.24. The molecule has 1 N–H and O–H groups in total. The number of aliphatic imine (C=N–C) groups is 1. The van der Waals surface area contributed by atoms with Crippen molar-refractivity contribution in [1.82, 2.24) is 9.80 Å². The molecule has 0 radical (unpaired) electrons. The van der Waals surface area contributed by atoms with Gasteiger partial charge in [-0.05, 0) is 25.3 Å². The summed E-state index contributed by atoms with van der Waals surface area (Å²) in [5, 5.41) is 0. The van der Waals surface area contributed by atoms with Crippen LogP contribution in [0.1, 0.15) is 18.9 Å². The Morgan fingerprint density at radius 2 is 1.84 bits per heavy atom. The molecule has 0 bridgehead atoms. The highest BCUT2D eigenvalue weighted by molar-refractivity contribution is 6.31. The molecule has 1 fully saturated rings. The van der Waals surface area contributed by atoms with E-state index in [0.717, 1.165) is 29.0 Å². The van der Waals surface area contributed by atoms with Crippen molar-refractivity contribution in [1.29, 1.82) is 0 Å². The van der Waals surface area contributed by atoms with Gasteiger partial charge >= 0.3 is 6.03 Å². The van der Waals surface area contributed by atoms with Crippen molar-refractivity contribution in [2.24, 2.45) is 10.9 Å². The van der Waals surface area contributed by atoms with Crippen molar-refractivity contribution in [3.63, 3.8) is 0 Å². The lowest BCUT2D eigenvalue weighted by molar-refractivity contribution is -0.383. The van der Waals surface area contributed by atoms with Gasteiger partial charge in [0, 0.05) is 19.2 Å². The highest BCUT2D eigenvalue weighted by atomic mass is 16.2. The molecule has 3 rings (SSSR count). The SMILES string of the molecule is CC1=C[NH+]=C2C(C(=O)N(C)C(=O)N2C)C1=NCCCc1ccccc1. The molecule has 1 saturated heterocycles. The first-order valence-electron chi connectivity index (χ1n) is 8.44. The Bertz CT molecular complexity index is 780. The van der Waals surface area contributed by atoms with Crippen molar-refractivity contribution in [2.75, 3.05) is 20.6 Å². The van der Waals surface area contributed by atoms with Crippen LogP contribution in [0.25, 0.3) is 0 Å². The summed E-state index contributed by atoms with van der Waals surface area (Å²) in [6.45, 7) is 2.58. The number of carbonyl (C=O) groups is 2. The Morgan fingerprint density at radius 3 is 2.56 bits per heavy atom. The molecule has 1 unspecified atom stereocenters. The molecule has 0 saturated carbocycles. The van der Waals surface area contributed by atoms with Gasteiger partial charge in [-0.2, -0.15) is 4.90 Å². The third-order valence-electron chi connectivity index (χ3n) is 4.65. The minimum Gasteiger partial charge on any atom is -0.288 e. The minimum absolute atomic E-state index is 0.236. The summed E-state index contributed by atoms with van der Waals surface area (Å²) in [5.41, 5.74) is 2.96. The Kier molecular flexibility index (Phi) is 4.79. The quantitative estimate of drug-likeness (QED) is 0.816. The Hall–Kier alpha value is -2.76. The van der Waals surface area contributed by atoms with Crippen LogP contribution in [0.3, 0.4) is 0 Å². The van der Waals surface area contributed by atoms with Crippen LogP contribution < -0.4 is 4.99 Å². The first-order chi connectivity index (χ1) is 12.0. The number of urea groups is 1. The lowest BCUT2D eigenvalue weighted by Gasteiger charge is -2.32. The van der Waals surface area contributed by atoms with E-state index in [1.54, 1.807) is 7.05 Å². The molecule has 1 aromatic carbocycles. The van der Waals surface area contributed by atoms with Gasteiger partial charge in [-0.1, -0.05) is 30.3 Å². The van der Waals surface area contributed by atoms with Crippen molar-refractivity contribution < 1.29 is 14.6 Å². The van der Waals surface area contributed by atoms with Crippen LogP contribution in [0, 0.1) is 5.92 Å². The lowest BCUT2D eigenvalue weighted by atomic mass is 9.91. The number of rotatable bonds is 4. The smallest absolute Gasteiger partial charge is 0.288 e. The molecule has 1 aromatic rings. The van der Waals surface area contributed by atoms with Gasteiger partial charge in [-0.3, -0.25) is 9.79 Å². The first-order valence-corrected chi connectivity index (χ1v) is 8.44. The molecule has 2 heterocycles. The average Bonchev–Trinajstić information content (AvgIpc) is 2.63. The summed E-state index contributed by atoms with van der Waals surface area (Å²) in [6.07, 6.45) is 3.67. The highest BCUT2D eigenvalue weighted by Crippen LogP contribution is 2.21. The number of hydrogen-bond acceptors (Lipinski definition) is 3. The van der Waals surface area contributed by atoms with Crippen LogP contribution in [0.2, 0.25) is 0 Å². The van der Waals surface area contributed by atoms with Gasteiger partial charge in [0.05, 0.1) is 19.0 Å². The van der Waals surface area contributed by atoms with Gasteiger partial charge in [0.25, 0.3) is 11.7 Å². The standard InChI is InChI=1S/C19H22N4O2/c1-13-12-21-17-15(18(24)23(3)19(25)22(17)2)16(13)20-11-7-10-14-8-5-4-6-9-14/h4-6,8-9,12,15H,7,10-11H2,1-3H3/p+1. The number of fused-ring (bicyclic) bond motifs is 1. The van der Waals surface area contributed by atoms with Gasteiger partial charge in [0.15, 0.2) is 5.92 Å². The highest BCUT2D eigenvalue weighted by Gasteiger charge is 2.50. The molecular formula is C19H23N4O2+. The molecule has 0 aliphatic carbocycles. The number of carbonyl (C=O) groups excluding carboxylic acids is 2. The maximum Gasteiger partial charge on any atom is 0.417 e. The normalized spacial score (nSPS) is 22.0. The predicted molar refractivity (Wildman–Crippen MR) is 96.2 cm³/mol. The number of nitrogens with zero attached hydrogens (tertiary/aromatic N) is 3. The van der Waals surface area contributed by atoms with E-state index in [4.69, 9.17) is 4.99 Å². The van der Waals surface area contributed by atoms with E-state index >= 15 is 0 Å². The van der Waals surface area contributed by atoms with Crippen molar-refractivity contribution in [3.05, 3.63) is 47.7 Å². The van der Waals surface area contributed by atoms with E-state index in [9.17, 15) is 9.59 Å². The van der Waals surface area contributed by atoms with Gasteiger partial charge in [0.1, 0.15) is 0 Å². The molecule has 25 heavy (non-hydrogen) atoms. The molecule has 0 aromatic heterocycles. The number of amidine groups is 1. The summed E-state index contributed by atoms with van der Waals surface area (Å²) in [7, 11) is 3.18. The second-order valence-corrected chi connectivity index (χ2v) is 6.38. The van der Waals surface area contributed by atoms with Crippen LogP contribution in [0.15, 0.2) is 47.1 Å². The molecule has 1 atom stereocenters. The zero-order valence-corrected chi connectivity index (χ0v) is 14.8. The summed E-state index contributed by atoms with van der Waals surface area (Å²) in [5.74, 6) is -0.185. The number of allylic oxidation sites excluding steroid dienone is 1. The van der Waals surface area contributed by atoms with Gasteiger partial charge in [-0.15, -0.1) is 0 Å². The van der Waals surface area contributed by atoms with E-state index in [0.29, 0.717) is 12.4 Å². The van der Waals surface area contributed by atoms with Crippen LogP contribution in [-0.2, 0) is 11.2 Å². The van der Waals surface area contributed by atoms with Crippen molar-refractivity contribution >= 4 is 23.5 Å². The number of nitrogens with one attached hydrogen (secondary N) is 1. The first kappa shape index (κ1) is 17.1. The van der Waals surface area contributed by atoms with E-state index < -0.39 is 5.92 Å². The Morgan fingerprint density at radius 1 is 1.12 bits per heavy atom. The second-order valence-electron chi connectivity index (χ2n) is 6.38. The maximum atomic E-state index is 12.6. The summed E-state index contributed by atoms with van der Waals surface area (Å²) < 4.78 is 0. The number of amides is 3. The van der Waals surface area contributed by atoms with Crippen molar-refractivity contribution in [2.45, 2.75) is 19.8 Å². The molecule has 130 valence electrons. The van der Waals surface area contributed by atoms with Gasteiger partial charge in [0.2, 0.25) is 0 Å². The number of aryl methyl sites for hydroxylation is 1. The van der Waals surface area contributed by atoms with Crippen molar-refractivity contribution in [3.8, 4) is 0 Å². The van der Waals surface area contributed by atoms with Crippen LogP contribution in [-0.4, -0.2) is 53.9 Å². The van der Waals surface area contributed by atoms with Crippen LogP contribution in [0.5, 0.6) is 0 Å². The topological polar surface area (TPSA) is 67.0 Å². The van der Waals surface area contributed by atoms with E-state index in [-0.39, 0.29) is 11.9 Å². The minimum atomic E-state index is -0.533. The fraction of sp³-hybridized carbons (Fsp3) is 0.368. The van der Waals surface area contributed by atoms with Crippen LogP contribution >= 0.6 is 0 Å². The molecular weight excluding hydrogens is 316 g/mol. The maximum absolute atomic E-state index is 12.6. The fourth-order valence-corrected chi connectivity index (χ4v) is 3.18. The zero-order chi connectivity index (χ0) is 18.0. The Labute approximate surface area is 147 Å². The van der Waals surface area contributed by atoms with Gasteiger partial charge in [-0.25, -0.2) is 14.7 Å². The summed E-state index contributed by atoms with van der Waals surface area (Å²) in [6, 6.07) is 9.95. The zero-order valence-electron chi connectivity index (χ0n) is 14.8. The van der Waals surface area contributed by atoms with E-state index in [1.807, 2.05) is 31.3 Å². The molecule has 6 heteroatoms. The monoisotopic (exact) mass is 339 g/mol. The number of hydrogen-bond donors (Lipinski definition) is 1. The summed E-state index contributed by atoms with van der Waals surface area (Å²) >= 11 is 0.